The van der Waals surface area contributed by atoms with Gasteiger partial charge in [0.05, 0.1) is 12.5 Å². The monoisotopic (exact) mass is 214 g/mol. The highest BCUT2D eigenvalue weighted by atomic mass is 16.5. The average Bonchev–Trinajstić information content (AvgIpc) is 2.27. The summed E-state index contributed by atoms with van der Waals surface area (Å²) in [7, 11) is 1.68. The van der Waals surface area contributed by atoms with Crippen molar-refractivity contribution in [3.05, 3.63) is 0 Å². The fourth-order valence-corrected chi connectivity index (χ4v) is 1.84. The molecule has 15 heavy (non-hydrogen) atoms. The van der Waals surface area contributed by atoms with Crippen LogP contribution in [0, 0.1) is 11.8 Å². The van der Waals surface area contributed by atoms with E-state index in [9.17, 15) is 4.79 Å². The SMILES string of the molecule is COCC(C)CNC(=O)C1CCCNC1. The molecule has 1 aliphatic rings. The van der Waals surface area contributed by atoms with Gasteiger partial charge in [-0.3, -0.25) is 4.79 Å². The van der Waals surface area contributed by atoms with Gasteiger partial charge in [0, 0.05) is 20.2 Å². The molecule has 1 fully saturated rings. The molecule has 0 aromatic heterocycles. The molecule has 2 unspecified atom stereocenters. The van der Waals surface area contributed by atoms with Crippen molar-refractivity contribution in [3.63, 3.8) is 0 Å². The molecule has 1 rings (SSSR count). The van der Waals surface area contributed by atoms with Crippen LogP contribution in [0.3, 0.4) is 0 Å². The molecule has 1 heterocycles. The van der Waals surface area contributed by atoms with E-state index in [2.05, 4.69) is 17.6 Å². The van der Waals surface area contributed by atoms with Crippen molar-refractivity contribution in [1.82, 2.24) is 10.6 Å². The predicted octanol–water partition coefficient (Wildman–Crippen LogP) is 0.385. The molecule has 4 heteroatoms. The number of nitrogens with one attached hydrogen (secondary N) is 2. The summed E-state index contributed by atoms with van der Waals surface area (Å²) in [5, 5.41) is 6.22. The van der Waals surface area contributed by atoms with Crippen molar-refractivity contribution in [3.8, 4) is 0 Å². The second-order valence-corrected chi connectivity index (χ2v) is 4.35. The van der Waals surface area contributed by atoms with E-state index in [4.69, 9.17) is 4.74 Å². The quantitative estimate of drug-likeness (QED) is 0.696. The molecule has 1 amide bonds. The largest absolute Gasteiger partial charge is 0.384 e. The maximum atomic E-state index is 11.7. The fourth-order valence-electron chi connectivity index (χ4n) is 1.84. The molecule has 4 nitrogen and oxygen atoms in total. The second-order valence-electron chi connectivity index (χ2n) is 4.35. The van der Waals surface area contributed by atoms with Crippen LogP contribution in [0.2, 0.25) is 0 Å². The average molecular weight is 214 g/mol. The van der Waals surface area contributed by atoms with Crippen molar-refractivity contribution < 1.29 is 9.53 Å². The molecule has 0 bridgehead atoms. The summed E-state index contributed by atoms with van der Waals surface area (Å²) in [6, 6.07) is 0. The Morgan fingerprint density at radius 3 is 3.07 bits per heavy atom. The lowest BCUT2D eigenvalue weighted by atomic mass is 9.98. The van der Waals surface area contributed by atoms with Gasteiger partial charge in [-0.2, -0.15) is 0 Å². The van der Waals surface area contributed by atoms with Crippen LogP contribution in [0.25, 0.3) is 0 Å². The molecule has 0 aliphatic carbocycles. The Balaban J connectivity index is 2.16. The molecule has 0 aromatic rings. The standard InChI is InChI=1S/C11H22N2O2/c1-9(8-15-2)6-13-11(14)10-4-3-5-12-7-10/h9-10,12H,3-8H2,1-2H3,(H,13,14). The second kappa shape index (κ2) is 6.80. The van der Waals surface area contributed by atoms with Gasteiger partial charge in [-0.15, -0.1) is 0 Å². The van der Waals surface area contributed by atoms with Gasteiger partial charge in [-0.25, -0.2) is 0 Å². The first kappa shape index (κ1) is 12.5. The van der Waals surface area contributed by atoms with Crippen molar-refractivity contribution in [2.75, 3.05) is 33.4 Å². The maximum absolute atomic E-state index is 11.7. The zero-order valence-electron chi connectivity index (χ0n) is 9.71. The third-order valence-electron chi connectivity index (χ3n) is 2.74. The Hall–Kier alpha value is -0.610. The van der Waals surface area contributed by atoms with Crippen LogP contribution in [0.5, 0.6) is 0 Å². The number of rotatable bonds is 5. The molecule has 2 atom stereocenters. The summed E-state index contributed by atoms with van der Waals surface area (Å²) in [5.74, 6) is 0.731. The summed E-state index contributed by atoms with van der Waals surface area (Å²) in [4.78, 5) is 11.7. The van der Waals surface area contributed by atoms with Crippen molar-refractivity contribution >= 4 is 5.91 Å². The summed E-state index contributed by atoms with van der Waals surface area (Å²) in [6.07, 6.45) is 2.11. The highest BCUT2D eigenvalue weighted by molar-refractivity contribution is 5.78. The minimum absolute atomic E-state index is 0.161. The topological polar surface area (TPSA) is 50.4 Å². The number of carbonyl (C=O) groups is 1. The number of amides is 1. The predicted molar refractivity (Wildman–Crippen MR) is 59.6 cm³/mol. The van der Waals surface area contributed by atoms with E-state index >= 15 is 0 Å². The summed E-state index contributed by atoms with van der Waals surface area (Å²) in [6.45, 7) is 5.35. The van der Waals surface area contributed by atoms with Crippen LogP contribution < -0.4 is 10.6 Å². The minimum Gasteiger partial charge on any atom is -0.384 e. The highest BCUT2D eigenvalue weighted by Crippen LogP contribution is 2.09. The third kappa shape index (κ3) is 4.62. The van der Waals surface area contributed by atoms with E-state index in [0.717, 1.165) is 25.9 Å². The van der Waals surface area contributed by atoms with E-state index in [1.54, 1.807) is 7.11 Å². The van der Waals surface area contributed by atoms with Crippen LogP contribution in [-0.4, -0.2) is 39.3 Å². The highest BCUT2D eigenvalue weighted by Gasteiger charge is 2.20. The molecular formula is C11H22N2O2. The van der Waals surface area contributed by atoms with E-state index in [1.807, 2.05) is 0 Å². The Morgan fingerprint density at radius 2 is 2.47 bits per heavy atom. The molecule has 0 saturated carbocycles. The normalized spacial score (nSPS) is 23.5. The minimum atomic E-state index is 0.161. The molecule has 0 radical (unpaired) electrons. The number of carbonyl (C=O) groups excluding carboxylic acids is 1. The van der Waals surface area contributed by atoms with Crippen LogP contribution in [0.1, 0.15) is 19.8 Å². The molecule has 1 aliphatic heterocycles. The van der Waals surface area contributed by atoms with Gasteiger partial charge in [0.1, 0.15) is 0 Å². The lowest BCUT2D eigenvalue weighted by Gasteiger charge is -2.22. The fraction of sp³-hybridized carbons (Fsp3) is 0.909. The lowest BCUT2D eigenvalue weighted by Crippen LogP contribution is -2.42. The summed E-state index contributed by atoms with van der Waals surface area (Å²) >= 11 is 0. The molecule has 88 valence electrons. The number of hydrogen-bond acceptors (Lipinski definition) is 3. The summed E-state index contributed by atoms with van der Waals surface area (Å²) < 4.78 is 5.02. The van der Waals surface area contributed by atoms with Crippen molar-refractivity contribution in [1.29, 1.82) is 0 Å². The number of ether oxygens (including phenoxy) is 1. The third-order valence-corrected chi connectivity index (χ3v) is 2.74. The number of piperidine rings is 1. The first-order chi connectivity index (χ1) is 7.24. The molecule has 0 spiro atoms. The first-order valence-corrected chi connectivity index (χ1v) is 5.71. The van der Waals surface area contributed by atoms with E-state index in [-0.39, 0.29) is 11.8 Å². The van der Waals surface area contributed by atoms with Gasteiger partial charge in [-0.1, -0.05) is 6.92 Å². The van der Waals surface area contributed by atoms with Crippen LogP contribution in [0.15, 0.2) is 0 Å². The zero-order valence-corrected chi connectivity index (χ0v) is 9.71. The number of methoxy groups -OCH3 is 1. The van der Waals surface area contributed by atoms with E-state index in [1.165, 1.54) is 0 Å². The van der Waals surface area contributed by atoms with Crippen molar-refractivity contribution in [2.24, 2.45) is 11.8 Å². The molecular weight excluding hydrogens is 192 g/mol. The Bertz CT molecular complexity index is 191. The van der Waals surface area contributed by atoms with Crippen LogP contribution in [0.4, 0.5) is 0 Å². The first-order valence-electron chi connectivity index (χ1n) is 5.71. The van der Waals surface area contributed by atoms with E-state index in [0.29, 0.717) is 19.1 Å². The van der Waals surface area contributed by atoms with Gasteiger partial charge in [0.25, 0.3) is 0 Å². The van der Waals surface area contributed by atoms with Gasteiger partial charge < -0.3 is 15.4 Å². The zero-order chi connectivity index (χ0) is 11.1. The lowest BCUT2D eigenvalue weighted by molar-refractivity contribution is -0.125. The van der Waals surface area contributed by atoms with Gasteiger partial charge in [0.15, 0.2) is 0 Å². The van der Waals surface area contributed by atoms with Crippen molar-refractivity contribution in [2.45, 2.75) is 19.8 Å². The van der Waals surface area contributed by atoms with E-state index < -0.39 is 0 Å². The number of hydrogen-bond donors (Lipinski definition) is 2. The van der Waals surface area contributed by atoms with Crippen LogP contribution in [-0.2, 0) is 9.53 Å². The Kier molecular flexibility index (Phi) is 5.65. The van der Waals surface area contributed by atoms with Gasteiger partial charge >= 0.3 is 0 Å². The Morgan fingerprint density at radius 1 is 1.67 bits per heavy atom. The Labute approximate surface area is 91.8 Å². The molecule has 0 aromatic carbocycles. The molecule has 2 N–H and O–H groups in total. The summed E-state index contributed by atoms with van der Waals surface area (Å²) in [5.41, 5.74) is 0. The van der Waals surface area contributed by atoms with Crippen LogP contribution >= 0.6 is 0 Å². The smallest absolute Gasteiger partial charge is 0.224 e. The van der Waals surface area contributed by atoms with Gasteiger partial charge in [-0.05, 0) is 25.3 Å². The van der Waals surface area contributed by atoms with Gasteiger partial charge in [0.2, 0.25) is 5.91 Å². The maximum Gasteiger partial charge on any atom is 0.224 e. The molecule has 1 saturated heterocycles.